The Morgan fingerprint density at radius 3 is 2.73 bits per heavy atom. The molecule has 0 bridgehead atoms. The van der Waals surface area contributed by atoms with E-state index in [2.05, 4.69) is 57.1 Å². The van der Waals surface area contributed by atoms with Gasteiger partial charge in [0.25, 0.3) is 5.91 Å². The van der Waals surface area contributed by atoms with Crippen LogP contribution in [0.3, 0.4) is 0 Å². The van der Waals surface area contributed by atoms with Crippen molar-refractivity contribution >= 4 is 16.9 Å². The number of carbonyl (C=O) groups excluding carboxylic acids is 1. The first-order valence-corrected chi connectivity index (χ1v) is 13.3. The number of hydrogen-bond donors (Lipinski definition) is 1. The Morgan fingerprint density at radius 2 is 1.89 bits per heavy atom. The zero-order chi connectivity index (χ0) is 25.2. The van der Waals surface area contributed by atoms with Gasteiger partial charge in [0.15, 0.2) is 0 Å². The maximum absolute atomic E-state index is 13.3. The number of hydrogen-bond acceptors (Lipinski definition) is 5. The van der Waals surface area contributed by atoms with Crippen molar-refractivity contribution in [2.75, 3.05) is 33.2 Å². The molecule has 1 atom stereocenters. The molecule has 0 spiro atoms. The highest BCUT2D eigenvalue weighted by molar-refractivity contribution is 5.97. The summed E-state index contributed by atoms with van der Waals surface area (Å²) in [5.74, 6) is 1.01. The molecule has 1 N–H and O–H groups in total. The maximum Gasteiger partial charge on any atom is 0.254 e. The Balaban J connectivity index is 1.10. The first-order chi connectivity index (χ1) is 18.1. The molecule has 1 unspecified atom stereocenters. The van der Waals surface area contributed by atoms with Gasteiger partial charge in [-0.2, -0.15) is 0 Å². The van der Waals surface area contributed by atoms with Gasteiger partial charge in [0.1, 0.15) is 5.82 Å². The fraction of sp³-hybridized carbons (Fsp3) is 0.367. The molecule has 4 aromatic rings. The van der Waals surface area contributed by atoms with Crippen molar-refractivity contribution < 1.29 is 4.79 Å². The fourth-order valence-electron chi connectivity index (χ4n) is 5.76. The monoisotopic (exact) mass is 494 g/mol. The van der Waals surface area contributed by atoms with Crippen molar-refractivity contribution in [3.8, 4) is 0 Å². The number of H-pyrrole nitrogens is 1. The van der Waals surface area contributed by atoms with Crippen molar-refractivity contribution in [3.63, 3.8) is 0 Å². The fourth-order valence-corrected chi connectivity index (χ4v) is 5.76. The van der Waals surface area contributed by atoms with Crippen molar-refractivity contribution in [1.82, 2.24) is 29.7 Å². The lowest BCUT2D eigenvalue weighted by Crippen LogP contribution is -2.48. The second-order valence-corrected chi connectivity index (χ2v) is 10.3. The summed E-state index contributed by atoms with van der Waals surface area (Å²) in [6.07, 6.45) is 5.29. The van der Waals surface area contributed by atoms with Crippen LogP contribution in [0, 0.1) is 0 Å². The highest BCUT2D eigenvalue weighted by Crippen LogP contribution is 2.32. The summed E-state index contributed by atoms with van der Waals surface area (Å²) in [5, 5.41) is 0. The molecule has 0 radical (unpaired) electrons. The van der Waals surface area contributed by atoms with E-state index < -0.39 is 0 Å². The highest BCUT2D eigenvalue weighted by Gasteiger charge is 2.26. The molecule has 1 aliphatic carbocycles. The Morgan fingerprint density at radius 1 is 1.05 bits per heavy atom. The average Bonchev–Trinajstić information content (AvgIpc) is 3.35. The number of aromatic nitrogens is 3. The van der Waals surface area contributed by atoms with Crippen LogP contribution in [0.1, 0.15) is 51.9 Å². The average molecular weight is 495 g/mol. The smallest absolute Gasteiger partial charge is 0.254 e. The van der Waals surface area contributed by atoms with E-state index in [0.717, 1.165) is 68.0 Å². The predicted molar refractivity (Wildman–Crippen MR) is 145 cm³/mol. The number of benzene rings is 2. The number of nitrogens with one attached hydrogen (secondary N) is 1. The Labute approximate surface area is 218 Å². The topological polar surface area (TPSA) is 68.4 Å². The largest absolute Gasteiger partial charge is 0.341 e. The summed E-state index contributed by atoms with van der Waals surface area (Å²) in [7, 11) is 2.15. The number of aromatic amines is 1. The SMILES string of the molecule is CN(Cc1nc2ccc(C(=O)N3CCN(Cc4ccccc4)CC3)cc2[nH]1)C1CCCc2cccnc21. The van der Waals surface area contributed by atoms with Gasteiger partial charge in [0.2, 0.25) is 0 Å². The first kappa shape index (κ1) is 23.8. The van der Waals surface area contributed by atoms with Gasteiger partial charge in [0, 0.05) is 44.5 Å². The predicted octanol–water partition coefficient (Wildman–Crippen LogP) is 4.43. The third kappa shape index (κ3) is 5.15. The number of pyridine rings is 1. The molecule has 1 aliphatic heterocycles. The normalized spacial score (nSPS) is 18.3. The molecule has 0 saturated carbocycles. The van der Waals surface area contributed by atoms with Gasteiger partial charge in [0.05, 0.1) is 29.3 Å². The lowest BCUT2D eigenvalue weighted by molar-refractivity contribution is 0.0628. The third-order valence-corrected chi connectivity index (χ3v) is 7.78. The van der Waals surface area contributed by atoms with E-state index in [1.807, 2.05) is 41.4 Å². The van der Waals surface area contributed by atoms with Gasteiger partial charge in [-0.05, 0) is 61.7 Å². The number of amides is 1. The summed E-state index contributed by atoms with van der Waals surface area (Å²) < 4.78 is 0. The molecule has 7 nitrogen and oxygen atoms in total. The minimum atomic E-state index is 0.0967. The standard InChI is InChI=1S/C30H34N6O/c1-34(27-11-5-9-23-10-6-14-31-29(23)27)21-28-32-25-13-12-24(19-26(25)33-28)30(37)36-17-15-35(16-18-36)20-22-7-3-2-4-8-22/h2-4,6-8,10,12-14,19,27H,5,9,11,15-18,20-21H2,1H3,(H,32,33). The third-order valence-electron chi connectivity index (χ3n) is 7.78. The first-order valence-electron chi connectivity index (χ1n) is 13.3. The van der Waals surface area contributed by atoms with Gasteiger partial charge in [-0.15, -0.1) is 0 Å². The van der Waals surface area contributed by atoms with E-state index in [4.69, 9.17) is 4.98 Å². The molecular weight excluding hydrogens is 460 g/mol. The molecule has 2 aliphatic rings. The van der Waals surface area contributed by atoms with Crippen LogP contribution in [0.4, 0.5) is 0 Å². The second-order valence-electron chi connectivity index (χ2n) is 10.3. The molecule has 1 fully saturated rings. The summed E-state index contributed by atoms with van der Waals surface area (Å²) in [6, 6.07) is 20.9. The molecule has 3 heterocycles. The maximum atomic E-state index is 13.3. The van der Waals surface area contributed by atoms with E-state index in [1.165, 1.54) is 23.2 Å². The Kier molecular flexibility index (Phi) is 6.72. The molecule has 6 rings (SSSR count). The van der Waals surface area contributed by atoms with Crippen molar-refractivity contribution in [1.29, 1.82) is 0 Å². The molecule has 1 amide bonds. The number of piperazine rings is 1. The van der Waals surface area contributed by atoms with E-state index in [1.54, 1.807) is 0 Å². The number of carbonyl (C=O) groups is 1. The quantitative estimate of drug-likeness (QED) is 0.430. The van der Waals surface area contributed by atoms with Crippen LogP contribution in [0.15, 0.2) is 66.9 Å². The van der Waals surface area contributed by atoms with Gasteiger partial charge in [-0.3, -0.25) is 19.6 Å². The van der Waals surface area contributed by atoms with Crippen molar-refractivity contribution in [3.05, 3.63) is 95.1 Å². The lowest BCUT2D eigenvalue weighted by Gasteiger charge is -2.34. The number of imidazole rings is 1. The Bertz CT molecular complexity index is 1380. The van der Waals surface area contributed by atoms with Crippen LogP contribution in [0.25, 0.3) is 11.0 Å². The molecule has 7 heteroatoms. The van der Waals surface area contributed by atoms with Gasteiger partial charge < -0.3 is 9.88 Å². The summed E-state index contributed by atoms with van der Waals surface area (Å²) in [4.78, 5) is 33.0. The van der Waals surface area contributed by atoms with Gasteiger partial charge >= 0.3 is 0 Å². The van der Waals surface area contributed by atoms with Crippen molar-refractivity contribution in [2.45, 2.75) is 38.4 Å². The molecule has 1 saturated heterocycles. The van der Waals surface area contributed by atoms with Crippen LogP contribution < -0.4 is 0 Å². The molecule has 37 heavy (non-hydrogen) atoms. The number of aryl methyl sites for hydroxylation is 1. The summed E-state index contributed by atoms with van der Waals surface area (Å²) in [6.45, 7) is 4.93. The van der Waals surface area contributed by atoms with Crippen LogP contribution in [-0.2, 0) is 19.5 Å². The van der Waals surface area contributed by atoms with Crippen molar-refractivity contribution in [2.24, 2.45) is 0 Å². The van der Waals surface area contributed by atoms with Crippen LogP contribution in [-0.4, -0.2) is 68.8 Å². The summed E-state index contributed by atoms with van der Waals surface area (Å²) >= 11 is 0. The number of rotatable bonds is 6. The summed E-state index contributed by atoms with van der Waals surface area (Å²) in [5.41, 5.74) is 6.41. The Hall–Kier alpha value is -3.55. The second kappa shape index (κ2) is 10.4. The zero-order valence-corrected chi connectivity index (χ0v) is 21.4. The van der Waals surface area contributed by atoms with E-state index in [0.29, 0.717) is 12.6 Å². The van der Waals surface area contributed by atoms with E-state index in [9.17, 15) is 4.79 Å². The molecule has 2 aromatic heterocycles. The van der Waals surface area contributed by atoms with Gasteiger partial charge in [-0.25, -0.2) is 4.98 Å². The minimum absolute atomic E-state index is 0.0967. The number of nitrogens with zero attached hydrogens (tertiary/aromatic N) is 5. The van der Waals surface area contributed by atoms with Crippen LogP contribution >= 0.6 is 0 Å². The van der Waals surface area contributed by atoms with Gasteiger partial charge in [-0.1, -0.05) is 36.4 Å². The lowest BCUT2D eigenvalue weighted by atomic mass is 9.91. The van der Waals surface area contributed by atoms with E-state index >= 15 is 0 Å². The zero-order valence-electron chi connectivity index (χ0n) is 21.4. The highest BCUT2D eigenvalue weighted by atomic mass is 16.2. The van der Waals surface area contributed by atoms with Crippen LogP contribution in [0.2, 0.25) is 0 Å². The van der Waals surface area contributed by atoms with Crippen LogP contribution in [0.5, 0.6) is 0 Å². The minimum Gasteiger partial charge on any atom is -0.341 e. The van der Waals surface area contributed by atoms with E-state index in [-0.39, 0.29) is 5.91 Å². The molecule has 2 aromatic carbocycles. The molecule has 190 valence electrons. The molecular formula is C30H34N6O. The number of fused-ring (bicyclic) bond motifs is 2.